The number of rotatable bonds is 19. The van der Waals surface area contributed by atoms with Gasteiger partial charge in [-0.25, -0.2) is 4.70 Å². The monoisotopic (exact) mass is 690 g/mol. The molecule has 1 aliphatic rings. The van der Waals surface area contributed by atoms with Gasteiger partial charge >= 0.3 is 20.4 Å². The van der Waals surface area contributed by atoms with Crippen LogP contribution >= 0.6 is 0 Å². The Kier molecular flexibility index (Phi) is 21.7. The van der Waals surface area contributed by atoms with Gasteiger partial charge in [0.05, 0.1) is 0 Å². The largest absolute Gasteiger partial charge is 2.00 e. The number of allylic oxidation sites excluding steroid dienone is 2. The summed E-state index contributed by atoms with van der Waals surface area (Å²) in [6.07, 6.45) is 20.0. The quantitative estimate of drug-likeness (QED) is 0.0607. The van der Waals surface area contributed by atoms with Crippen LogP contribution in [0.4, 0.5) is 0 Å². The molecule has 2 aromatic carbocycles. The minimum absolute atomic E-state index is 0. The summed E-state index contributed by atoms with van der Waals surface area (Å²) in [5, 5.41) is 0. The van der Waals surface area contributed by atoms with Gasteiger partial charge in [0.1, 0.15) is 0 Å². The predicted octanol–water partition coefficient (Wildman–Crippen LogP) is 13.1. The van der Waals surface area contributed by atoms with Crippen molar-refractivity contribution < 1.29 is 25.1 Å². The van der Waals surface area contributed by atoms with E-state index in [9.17, 15) is 5.53 Å². The molecule has 0 fully saturated rings. The second-order valence-corrected chi connectivity index (χ2v) is 12.4. The van der Waals surface area contributed by atoms with Crippen molar-refractivity contribution in [1.29, 1.82) is 0 Å². The van der Waals surface area contributed by atoms with E-state index < -0.39 is 0 Å². The third-order valence-electron chi connectivity index (χ3n) is 8.73. The van der Waals surface area contributed by atoms with E-state index in [2.05, 4.69) is 77.9 Å². The fraction of sp³-hybridized carbons (Fsp3) is 0.561. The molecule has 2 aromatic rings. The van der Waals surface area contributed by atoms with Gasteiger partial charge in [0.2, 0.25) is 11.4 Å². The summed E-state index contributed by atoms with van der Waals surface area (Å²) in [6, 6.07) is 14.3. The Labute approximate surface area is 287 Å². The first-order valence-corrected chi connectivity index (χ1v) is 17.2. The number of aryl methyl sites for hydroxylation is 4. The Balaban J connectivity index is 0.00000616. The Hall–Kier alpha value is -1.82. The molecule has 44 heavy (non-hydrogen) atoms. The Morgan fingerprint density at radius 2 is 0.818 bits per heavy atom. The molecule has 248 valence electrons. The minimum Gasteiger partial charge on any atom is -0.493 e. The van der Waals surface area contributed by atoms with Crippen molar-refractivity contribution in [3.8, 4) is 0 Å². The fourth-order valence-electron chi connectivity index (χ4n) is 6.31. The van der Waals surface area contributed by atoms with Gasteiger partial charge in [-0.1, -0.05) is 91.7 Å². The smallest absolute Gasteiger partial charge is 0.493 e. The van der Waals surface area contributed by atoms with Crippen molar-refractivity contribution in [3.63, 3.8) is 0 Å². The van der Waals surface area contributed by atoms with E-state index in [1.807, 2.05) is 0 Å². The molecule has 0 spiro atoms. The average molecular weight is 691 g/mol. The molecule has 0 N–H and O–H groups in total. The van der Waals surface area contributed by atoms with Crippen LogP contribution in [0.3, 0.4) is 0 Å². The standard InChI is InChI=1S/C39H58N2.2CH3.Pd/c1-7-12-17-21-33-24-31(19-14-9-3)26-35(27-33)38-30(6)37(23-16-11-5)39(41(38)40)36-28-32(20-15-10-4)25-34(29-36)22-18-13-8-2;;;/h24-29H,7-23H2,1-6H3;2*1H3;/q;2*-1;+2. The van der Waals surface area contributed by atoms with Crippen LogP contribution in [0, 0.1) is 14.9 Å². The predicted molar refractivity (Wildman–Crippen MR) is 192 cm³/mol. The van der Waals surface area contributed by atoms with Crippen LogP contribution in [0.1, 0.15) is 158 Å². The molecule has 1 heterocycles. The topological polar surface area (TPSA) is 25.3 Å². The molecule has 0 aliphatic carbocycles. The normalized spacial score (nSPS) is 12.7. The van der Waals surface area contributed by atoms with Crippen molar-refractivity contribution in [1.82, 2.24) is 0 Å². The van der Waals surface area contributed by atoms with Crippen LogP contribution in [0.2, 0.25) is 0 Å². The van der Waals surface area contributed by atoms with Gasteiger partial charge in [-0.05, 0) is 118 Å². The molecule has 0 aromatic heterocycles. The van der Waals surface area contributed by atoms with Gasteiger partial charge in [0.15, 0.2) is 0 Å². The molecule has 1 aliphatic heterocycles. The van der Waals surface area contributed by atoms with Crippen LogP contribution in [-0.2, 0) is 46.1 Å². The molecule has 0 bridgehead atoms. The zero-order valence-corrected chi connectivity index (χ0v) is 31.3. The number of unbranched alkanes of at least 4 members (excludes halogenated alkanes) is 7. The summed E-state index contributed by atoms with van der Waals surface area (Å²) in [4.78, 5) is 0. The second kappa shape index (κ2) is 22.6. The van der Waals surface area contributed by atoms with Crippen LogP contribution in [0.15, 0.2) is 47.5 Å². The van der Waals surface area contributed by atoms with Crippen molar-refractivity contribution in [2.75, 3.05) is 0 Å². The third-order valence-corrected chi connectivity index (χ3v) is 8.73. The molecule has 0 saturated heterocycles. The number of hydrogen-bond acceptors (Lipinski definition) is 0. The van der Waals surface area contributed by atoms with E-state index in [0.29, 0.717) is 0 Å². The van der Waals surface area contributed by atoms with Crippen molar-refractivity contribution in [2.24, 2.45) is 0 Å². The summed E-state index contributed by atoms with van der Waals surface area (Å²) < 4.78 is 1.57. The SMILES string of the molecule is CCCCCc1cc(CCCC)cc(C2=C(C)C(CCCC)=C(c3cc(CCCC)cc(CCCCC)c3)[N+]2=[N-])c1.[CH3-].[CH3-].[Pd+2]. The fourth-order valence-corrected chi connectivity index (χ4v) is 6.31. The minimum atomic E-state index is 0. The van der Waals surface area contributed by atoms with Crippen LogP contribution in [0.25, 0.3) is 16.9 Å². The van der Waals surface area contributed by atoms with Crippen LogP contribution < -0.4 is 0 Å². The maximum atomic E-state index is 12.1. The van der Waals surface area contributed by atoms with Crippen molar-refractivity contribution in [2.45, 2.75) is 151 Å². The zero-order valence-electron chi connectivity index (χ0n) is 29.7. The van der Waals surface area contributed by atoms with E-state index in [0.717, 1.165) is 56.3 Å². The third kappa shape index (κ3) is 11.8. The van der Waals surface area contributed by atoms with Gasteiger partial charge < -0.3 is 20.4 Å². The molecular weight excluding hydrogens is 627 g/mol. The number of hydrogen-bond donors (Lipinski definition) is 0. The Bertz CT molecular complexity index is 1200. The first-order chi connectivity index (χ1) is 20.0. The molecule has 3 rings (SSSR count). The van der Waals surface area contributed by atoms with Gasteiger partial charge in [0, 0.05) is 22.3 Å². The molecule has 0 radical (unpaired) electrons. The summed E-state index contributed by atoms with van der Waals surface area (Å²) in [5.41, 5.74) is 24.7. The van der Waals surface area contributed by atoms with E-state index in [-0.39, 0.29) is 35.3 Å². The maximum Gasteiger partial charge on any atom is 2.00 e. The molecular formula is C41H64N2Pd. The first-order valence-electron chi connectivity index (χ1n) is 17.2. The van der Waals surface area contributed by atoms with Crippen molar-refractivity contribution in [3.05, 3.63) is 101 Å². The molecule has 0 amide bonds. The van der Waals surface area contributed by atoms with E-state index in [1.165, 1.54) is 109 Å². The van der Waals surface area contributed by atoms with E-state index in [4.69, 9.17) is 0 Å². The molecule has 2 nitrogen and oxygen atoms in total. The summed E-state index contributed by atoms with van der Waals surface area (Å²) in [6.45, 7) is 13.6. The van der Waals surface area contributed by atoms with E-state index in [1.54, 1.807) is 4.70 Å². The number of nitrogens with zero attached hydrogens (tertiary/aromatic N) is 2. The summed E-state index contributed by atoms with van der Waals surface area (Å²) >= 11 is 0. The average Bonchev–Trinajstić information content (AvgIpc) is 3.22. The van der Waals surface area contributed by atoms with Crippen LogP contribution in [-0.4, -0.2) is 4.70 Å². The van der Waals surface area contributed by atoms with Gasteiger partial charge in [-0.3, -0.25) is 0 Å². The summed E-state index contributed by atoms with van der Waals surface area (Å²) in [7, 11) is 0. The van der Waals surface area contributed by atoms with Crippen molar-refractivity contribution >= 4 is 11.4 Å². The van der Waals surface area contributed by atoms with Gasteiger partial charge in [0.25, 0.3) is 0 Å². The maximum absolute atomic E-state index is 12.1. The van der Waals surface area contributed by atoms with E-state index >= 15 is 0 Å². The van der Waals surface area contributed by atoms with Gasteiger partial charge in [-0.15, -0.1) is 0 Å². The molecule has 0 unspecified atom stereocenters. The molecule has 3 heteroatoms. The molecule has 0 saturated carbocycles. The Morgan fingerprint density at radius 3 is 1.20 bits per heavy atom. The van der Waals surface area contributed by atoms with Gasteiger partial charge in [-0.2, -0.15) is 0 Å². The zero-order chi connectivity index (χ0) is 29.6. The Morgan fingerprint density at radius 1 is 0.477 bits per heavy atom. The van der Waals surface area contributed by atoms with Crippen LogP contribution in [0.5, 0.6) is 0 Å². The summed E-state index contributed by atoms with van der Waals surface area (Å²) in [5.74, 6) is 0. The second-order valence-electron chi connectivity index (χ2n) is 12.4. The molecule has 0 atom stereocenters. The number of benzene rings is 2. The first kappa shape index (κ1) is 42.2.